The van der Waals surface area contributed by atoms with E-state index in [0.717, 1.165) is 12.0 Å². The summed E-state index contributed by atoms with van der Waals surface area (Å²) in [5, 5.41) is 16.7. The summed E-state index contributed by atoms with van der Waals surface area (Å²) >= 11 is 0. The van der Waals surface area contributed by atoms with Crippen molar-refractivity contribution in [2.45, 2.75) is 27.2 Å². The topological polar surface area (TPSA) is 40.5 Å². The zero-order chi connectivity index (χ0) is 12.8. The van der Waals surface area contributed by atoms with Crippen LogP contribution in [0.4, 0.5) is 0 Å². The summed E-state index contributed by atoms with van der Waals surface area (Å²) in [5.74, 6) is 0.433. The van der Waals surface area contributed by atoms with E-state index in [9.17, 15) is 0 Å². The second-order valence-corrected chi connectivity index (χ2v) is 4.68. The fraction of sp³-hybridized carbons (Fsp3) is 0.571. The first-order valence-corrected chi connectivity index (χ1v) is 5.59. The van der Waals surface area contributed by atoms with Crippen molar-refractivity contribution in [2.75, 3.05) is 13.2 Å². The number of hydrogen-bond donors (Lipinski definition) is 2. The van der Waals surface area contributed by atoms with E-state index in [1.165, 1.54) is 11.6 Å². The third-order valence-corrected chi connectivity index (χ3v) is 3.37. The van der Waals surface area contributed by atoms with Gasteiger partial charge in [0.15, 0.2) is 0 Å². The average molecular weight is 224 g/mol. The lowest BCUT2D eigenvalue weighted by Crippen LogP contribution is -2.23. The molecule has 0 bridgehead atoms. The van der Waals surface area contributed by atoms with Crippen molar-refractivity contribution in [2.24, 2.45) is 11.3 Å². The normalized spacial score (nSPS) is 21.8. The van der Waals surface area contributed by atoms with E-state index in [1.54, 1.807) is 0 Å². The summed E-state index contributed by atoms with van der Waals surface area (Å²) in [6.07, 6.45) is 4.73. The maximum absolute atomic E-state index is 8.99. The first kappa shape index (κ1) is 15.1. The highest BCUT2D eigenvalue weighted by molar-refractivity contribution is 5.25. The zero-order valence-electron chi connectivity index (χ0n) is 10.7. The molecule has 1 aliphatic carbocycles. The molecule has 0 aliphatic heterocycles. The van der Waals surface area contributed by atoms with E-state index < -0.39 is 0 Å². The molecule has 1 unspecified atom stereocenters. The fourth-order valence-corrected chi connectivity index (χ4v) is 1.91. The maximum atomic E-state index is 8.99. The second kappa shape index (κ2) is 6.66. The molecule has 1 aliphatic rings. The van der Waals surface area contributed by atoms with Crippen molar-refractivity contribution in [1.82, 2.24) is 0 Å². The van der Waals surface area contributed by atoms with E-state index >= 15 is 0 Å². The van der Waals surface area contributed by atoms with Crippen LogP contribution in [0.2, 0.25) is 0 Å². The molecule has 92 valence electrons. The molecular formula is C14H24O2. The summed E-state index contributed by atoms with van der Waals surface area (Å²) in [6, 6.07) is 0. The number of rotatable bonds is 3. The van der Waals surface area contributed by atoms with Gasteiger partial charge in [0.2, 0.25) is 0 Å². The van der Waals surface area contributed by atoms with Crippen LogP contribution < -0.4 is 0 Å². The van der Waals surface area contributed by atoms with Gasteiger partial charge in [0.05, 0.1) is 13.2 Å². The third kappa shape index (κ3) is 3.62. The molecule has 0 radical (unpaired) electrons. The molecule has 16 heavy (non-hydrogen) atoms. The number of aliphatic hydroxyl groups excluding tert-OH is 2. The molecule has 2 N–H and O–H groups in total. The van der Waals surface area contributed by atoms with Crippen molar-refractivity contribution in [3.05, 3.63) is 36.5 Å². The van der Waals surface area contributed by atoms with E-state index in [2.05, 4.69) is 40.0 Å². The van der Waals surface area contributed by atoms with Crippen molar-refractivity contribution >= 4 is 0 Å². The van der Waals surface area contributed by atoms with Gasteiger partial charge in [-0.05, 0) is 30.3 Å². The molecule has 2 heteroatoms. The number of hydrogen-bond acceptors (Lipinski definition) is 2. The van der Waals surface area contributed by atoms with Crippen LogP contribution in [0, 0.1) is 11.3 Å². The molecule has 0 aromatic rings. The van der Waals surface area contributed by atoms with Gasteiger partial charge < -0.3 is 10.2 Å². The average Bonchev–Trinajstić information content (AvgIpc) is 2.53. The van der Waals surface area contributed by atoms with E-state index in [1.807, 2.05) is 0 Å². The minimum atomic E-state index is 0.0833. The number of aliphatic hydroxyl groups is 2. The Balaban J connectivity index is 0.000000487. The van der Waals surface area contributed by atoms with Gasteiger partial charge in [-0.1, -0.05) is 38.2 Å². The van der Waals surface area contributed by atoms with E-state index in [-0.39, 0.29) is 18.6 Å². The maximum Gasteiger partial charge on any atom is 0.0642 e. The molecule has 0 fully saturated rings. The van der Waals surface area contributed by atoms with Crippen LogP contribution in [0.15, 0.2) is 36.5 Å². The predicted molar refractivity (Wildman–Crippen MR) is 69.2 cm³/mol. The summed E-state index contributed by atoms with van der Waals surface area (Å²) in [6.45, 7) is 13.9. The van der Waals surface area contributed by atoms with Crippen LogP contribution in [0.5, 0.6) is 0 Å². The van der Waals surface area contributed by atoms with E-state index in [4.69, 9.17) is 10.2 Å². The lowest BCUT2D eigenvalue weighted by atomic mass is 9.74. The Bertz CT molecular complexity index is 274. The van der Waals surface area contributed by atoms with Gasteiger partial charge in [-0.15, -0.1) is 6.58 Å². The Morgan fingerprint density at radius 1 is 1.56 bits per heavy atom. The van der Waals surface area contributed by atoms with Gasteiger partial charge in [0.1, 0.15) is 0 Å². The highest BCUT2D eigenvalue weighted by atomic mass is 16.3. The summed E-state index contributed by atoms with van der Waals surface area (Å²) in [5.41, 5.74) is 2.58. The van der Waals surface area contributed by atoms with Crippen molar-refractivity contribution in [1.29, 1.82) is 0 Å². The lowest BCUT2D eigenvalue weighted by molar-refractivity contribution is 0.268. The highest BCUT2D eigenvalue weighted by Gasteiger charge is 2.35. The highest BCUT2D eigenvalue weighted by Crippen LogP contribution is 2.45. The SMILES string of the molecule is C=C(CO)C1CC=C(C)C1(C)C.C=CCO. The van der Waals surface area contributed by atoms with Gasteiger partial charge in [-0.2, -0.15) is 0 Å². The summed E-state index contributed by atoms with van der Waals surface area (Å²) in [4.78, 5) is 0. The molecule has 0 saturated carbocycles. The van der Waals surface area contributed by atoms with Gasteiger partial charge in [-0.25, -0.2) is 0 Å². The first-order valence-electron chi connectivity index (χ1n) is 5.59. The Morgan fingerprint density at radius 3 is 2.31 bits per heavy atom. The first-order chi connectivity index (χ1) is 7.41. The Hall–Kier alpha value is -0.860. The minimum Gasteiger partial charge on any atom is -0.392 e. The Labute approximate surface area is 99.0 Å². The summed E-state index contributed by atoms with van der Waals surface area (Å²) in [7, 11) is 0. The molecule has 2 nitrogen and oxygen atoms in total. The van der Waals surface area contributed by atoms with Gasteiger partial charge in [-0.3, -0.25) is 0 Å². The van der Waals surface area contributed by atoms with Crippen LogP contribution in [0.25, 0.3) is 0 Å². The smallest absolute Gasteiger partial charge is 0.0642 e. The van der Waals surface area contributed by atoms with Crippen LogP contribution in [-0.2, 0) is 0 Å². The second-order valence-electron chi connectivity index (χ2n) is 4.68. The van der Waals surface area contributed by atoms with Crippen molar-refractivity contribution in [3.63, 3.8) is 0 Å². The molecular weight excluding hydrogens is 200 g/mol. The van der Waals surface area contributed by atoms with Crippen LogP contribution >= 0.6 is 0 Å². The monoisotopic (exact) mass is 224 g/mol. The predicted octanol–water partition coefficient (Wildman–Crippen LogP) is 2.69. The molecule has 1 atom stereocenters. The molecule has 0 spiro atoms. The van der Waals surface area contributed by atoms with Crippen molar-refractivity contribution in [3.8, 4) is 0 Å². The van der Waals surface area contributed by atoms with Crippen LogP contribution in [-0.4, -0.2) is 23.4 Å². The van der Waals surface area contributed by atoms with Gasteiger partial charge in [0.25, 0.3) is 0 Å². The van der Waals surface area contributed by atoms with Crippen molar-refractivity contribution < 1.29 is 10.2 Å². The standard InChI is InChI=1S/C11H18O.C3H6O/c1-8(7-12)10-6-5-9(2)11(10,3)4;1-2-3-4/h5,10,12H,1,6-7H2,2-4H3;2,4H,1,3H2. The molecule has 0 aromatic heterocycles. The molecule has 0 heterocycles. The third-order valence-electron chi connectivity index (χ3n) is 3.37. The van der Waals surface area contributed by atoms with Gasteiger partial charge >= 0.3 is 0 Å². The summed E-state index contributed by atoms with van der Waals surface area (Å²) < 4.78 is 0. The molecule has 0 amide bonds. The quantitative estimate of drug-likeness (QED) is 0.724. The van der Waals surface area contributed by atoms with Gasteiger partial charge in [0, 0.05) is 0 Å². The fourth-order valence-electron chi connectivity index (χ4n) is 1.91. The largest absolute Gasteiger partial charge is 0.392 e. The minimum absolute atomic E-state index is 0.0833. The van der Waals surface area contributed by atoms with E-state index in [0.29, 0.717) is 5.92 Å². The molecule has 0 saturated heterocycles. The lowest BCUT2D eigenvalue weighted by Gasteiger charge is -2.30. The Morgan fingerprint density at radius 2 is 2.06 bits per heavy atom. The number of allylic oxidation sites excluding steroid dienone is 2. The Kier molecular flexibility index (Phi) is 6.31. The van der Waals surface area contributed by atoms with Crippen LogP contribution in [0.3, 0.4) is 0 Å². The zero-order valence-corrected chi connectivity index (χ0v) is 10.7. The molecule has 1 rings (SSSR count). The molecule has 0 aromatic carbocycles. The van der Waals surface area contributed by atoms with Crippen LogP contribution in [0.1, 0.15) is 27.2 Å².